The molecule has 9 heteroatoms. The molecule has 0 saturated carbocycles. The van der Waals surface area contributed by atoms with Gasteiger partial charge >= 0.3 is 0 Å². The molecule has 0 atom stereocenters. The number of carbonyl (C=O) groups is 1. The van der Waals surface area contributed by atoms with Crippen molar-refractivity contribution < 1.29 is 18.1 Å². The average Bonchev–Trinajstić information content (AvgIpc) is 2.67. The Hall–Kier alpha value is -2.78. The van der Waals surface area contributed by atoms with E-state index >= 15 is 0 Å². The molecule has 0 aliphatic carbocycles. The molecule has 0 bridgehead atoms. The van der Waals surface area contributed by atoms with Crippen molar-refractivity contribution in [3.05, 3.63) is 63.7 Å². The molecule has 0 heterocycles. The van der Waals surface area contributed by atoms with E-state index in [0.29, 0.717) is 29.9 Å². The molecule has 0 aliphatic rings. The summed E-state index contributed by atoms with van der Waals surface area (Å²) in [6.45, 7) is 5.99. The smallest absolute Gasteiger partial charge is 0.269 e. The van der Waals surface area contributed by atoms with Crippen molar-refractivity contribution in [1.29, 1.82) is 0 Å². The third kappa shape index (κ3) is 4.73. The summed E-state index contributed by atoms with van der Waals surface area (Å²) in [5.74, 6) is -0.218. The Labute approximate surface area is 164 Å². The highest BCUT2D eigenvalue weighted by Crippen LogP contribution is 2.21. The Balaban J connectivity index is 2.09. The van der Waals surface area contributed by atoms with Gasteiger partial charge in [0.2, 0.25) is 10.0 Å². The first kappa shape index (κ1) is 21.5. The number of nitrogens with one attached hydrogen (secondary N) is 1. The van der Waals surface area contributed by atoms with E-state index in [2.05, 4.69) is 5.32 Å². The zero-order valence-electron chi connectivity index (χ0n) is 16.0. The molecule has 2 aromatic rings. The molecule has 0 amide bonds. The van der Waals surface area contributed by atoms with Gasteiger partial charge in [-0.15, -0.1) is 0 Å². The lowest BCUT2D eigenvalue weighted by atomic mass is 10.1. The molecule has 28 heavy (non-hydrogen) atoms. The van der Waals surface area contributed by atoms with Crippen LogP contribution >= 0.6 is 0 Å². The van der Waals surface area contributed by atoms with E-state index in [1.54, 1.807) is 26.8 Å². The zero-order valence-corrected chi connectivity index (χ0v) is 16.8. The largest absolute Gasteiger partial charge is 0.377 e. The van der Waals surface area contributed by atoms with E-state index in [9.17, 15) is 23.3 Å². The Morgan fingerprint density at radius 3 is 2.21 bits per heavy atom. The molecule has 0 saturated heterocycles. The van der Waals surface area contributed by atoms with Crippen molar-refractivity contribution in [2.45, 2.75) is 25.7 Å². The van der Waals surface area contributed by atoms with Gasteiger partial charge in [0.1, 0.15) is 0 Å². The van der Waals surface area contributed by atoms with Gasteiger partial charge in [-0.3, -0.25) is 14.9 Å². The van der Waals surface area contributed by atoms with E-state index < -0.39 is 14.9 Å². The summed E-state index contributed by atoms with van der Waals surface area (Å²) >= 11 is 0. The summed E-state index contributed by atoms with van der Waals surface area (Å²) in [5, 5.41) is 13.7. The molecule has 8 nitrogen and oxygen atoms in total. The van der Waals surface area contributed by atoms with Crippen LogP contribution in [0.15, 0.2) is 47.4 Å². The van der Waals surface area contributed by atoms with Crippen molar-refractivity contribution in [3.8, 4) is 0 Å². The Morgan fingerprint density at radius 1 is 1.11 bits per heavy atom. The fraction of sp³-hybridized carbons (Fsp3) is 0.316. The second-order valence-corrected chi connectivity index (χ2v) is 8.08. The highest BCUT2D eigenvalue weighted by molar-refractivity contribution is 7.89. The van der Waals surface area contributed by atoms with Gasteiger partial charge in [-0.1, -0.05) is 13.8 Å². The molecule has 0 radical (unpaired) electrons. The first-order valence-corrected chi connectivity index (χ1v) is 10.3. The Bertz CT molecular complexity index is 968. The van der Waals surface area contributed by atoms with Crippen LogP contribution in [0.3, 0.4) is 0 Å². The molecule has 0 aliphatic heterocycles. The minimum absolute atomic E-state index is 0.0131. The number of rotatable bonds is 9. The highest BCUT2D eigenvalue weighted by atomic mass is 32.2. The van der Waals surface area contributed by atoms with E-state index in [1.165, 1.54) is 40.7 Å². The van der Waals surface area contributed by atoms with Gasteiger partial charge in [0.15, 0.2) is 5.78 Å². The van der Waals surface area contributed by atoms with Crippen molar-refractivity contribution in [2.24, 2.45) is 0 Å². The highest BCUT2D eigenvalue weighted by Gasteiger charge is 2.21. The fourth-order valence-electron chi connectivity index (χ4n) is 2.76. The van der Waals surface area contributed by atoms with E-state index in [1.807, 2.05) is 0 Å². The lowest BCUT2D eigenvalue weighted by molar-refractivity contribution is -0.384. The van der Waals surface area contributed by atoms with Crippen LogP contribution in [0.5, 0.6) is 0 Å². The van der Waals surface area contributed by atoms with Crippen LogP contribution in [0.4, 0.5) is 11.4 Å². The van der Waals surface area contributed by atoms with Crippen molar-refractivity contribution in [1.82, 2.24) is 4.31 Å². The number of Topliss-reactive ketones (excluding diaryl/α,β-unsaturated/α-hetero) is 1. The van der Waals surface area contributed by atoms with Crippen molar-refractivity contribution in [3.63, 3.8) is 0 Å². The third-order valence-electron chi connectivity index (χ3n) is 4.38. The number of nitrogens with zero attached hydrogens (tertiary/aromatic N) is 2. The first-order valence-electron chi connectivity index (χ1n) is 8.83. The number of nitro groups is 1. The third-order valence-corrected chi connectivity index (χ3v) is 6.44. The lowest BCUT2D eigenvalue weighted by Crippen LogP contribution is -2.30. The van der Waals surface area contributed by atoms with Crippen LogP contribution in [0, 0.1) is 17.0 Å². The molecule has 0 fully saturated rings. The maximum Gasteiger partial charge on any atom is 0.269 e. The number of ketones is 1. The maximum atomic E-state index is 12.5. The molecule has 150 valence electrons. The first-order chi connectivity index (χ1) is 13.2. The van der Waals surface area contributed by atoms with Gasteiger partial charge in [0.05, 0.1) is 16.4 Å². The second-order valence-electron chi connectivity index (χ2n) is 6.15. The number of hydrogen-bond donors (Lipinski definition) is 1. The van der Waals surface area contributed by atoms with Crippen LogP contribution in [-0.2, 0) is 10.0 Å². The number of anilines is 1. The molecular weight excluding hydrogens is 382 g/mol. The van der Waals surface area contributed by atoms with Crippen molar-refractivity contribution in [2.75, 3.05) is 25.0 Å². The maximum absolute atomic E-state index is 12.5. The Kier molecular flexibility index (Phi) is 6.87. The van der Waals surface area contributed by atoms with Crippen LogP contribution in [0.1, 0.15) is 29.8 Å². The molecule has 2 aromatic carbocycles. The number of non-ortho nitro benzene ring substituents is 1. The fourth-order valence-corrected chi connectivity index (χ4v) is 4.22. The molecule has 2 rings (SSSR count). The lowest BCUT2D eigenvalue weighted by Gasteiger charge is -2.18. The SMILES string of the molecule is CCN(CC)S(=O)(=O)c1ccc(C(=O)CNc2ccc([N+](=O)[O-])cc2C)cc1. The standard InChI is InChI=1S/C19H23N3O5S/c1-4-21(5-2)28(26,27)17-9-6-15(7-10-17)19(23)13-20-18-11-8-16(22(24)25)12-14(18)3/h6-12,20H,4-5,13H2,1-3H3. The average molecular weight is 405 g/mol. The summed E-state index contributed by atoms with van der Waals surface area (Å²) in [7, 11) is -3.56. The van der Waals surface area contributed by atoms with Crippen LogP contribution in [0.2, 0.25) is 0 Å². The van der Waals surface area contributed by atoms with Crippen LogP contribution in [0.25, 0.3) is 0 Å². The van der Waals surface area contributed by atoms with E-state index in [4.69, 9.17) is 0 Å². The van der Waals surface area contributed by atoms with Gasteiger partial charge < -0.3 is 5.32 Å². The van der Waals surface area contributed by atoms with E-state index in [-0.39, 0.29) is 22.9 Å². The number of benzene rings is 2. The summed E-state index contributed by atoms with van der Waals surface area (Å²) < 4.78 is 26.3. The monoisotopic (exact) mass is 405 g/mol. The van der Waals surface area contributed by atoms with Crippen molar-refractivity contribution >= 4 is 27.2 Å². The quantitative estimate of drug-likeness (QED) is 0.390. The normalized spacial score (nSPS) is 11.4. The predicted octanol–water partition coefficient (Wildman–Crippen LogP) is 3.23. The predicted molar refractivity (Wildman–Crippen MR) is 107 cm³/mol. The summed E-state index contributed by atoms with van der Waals surface area (Å²) in [4.78, 5) is 22.8. The summed E-state index contributed by atoms with van der Waals surface area (Å²) in [5.41, 5.74) is 1.65. The van der Waals surface area contributed by atoms with Gasteiger partial charge in [-0.2, -0.15) is 4.31 Å². The Morgan fingerprint density at radius 2 is 1.71 bits per heavy atom. The summed E-state index contributed by atoms with van der Waals surface area (Å²) in [6, 6.07) is 10.2. The van der Waals surface area contributed by atoms with Gasteiger partial charge in [0, 0.05) is 36.5 Å². The molecule has 1 N–H and O–H groups in total. The van der Waals surface area contributed by atoms with Gasteiger partial charge in [-0.25, -0.2) is 8.42 Å². The number of hydrogen-bond acceptors (Lipinski definition) is 6. The van der Waals surface area contributed by atoms with Gasteiger partial charge in [-0.05, 0) is 42.8 Å². The number of carbonyl (C=O) groups excluding carboxylic acids is 1. The van der Waals surface area contributed by atoms with Gasteiger partial charge in [0.25, 0.3) is 5.69 Å². The molecule has 0 spiro atoms. The second kappa shape index (κ2) is 8.94. The summed E-state index contributed by atoms with van der Waals surface area (Å²) in [6.07, 6.45) is 0. The number of sulfonamides is 1. The van der Waals surface area contributed by atoms with Crippen LogP contribution in [-0.4, -0.2) is 43.1 Å². The van der Waals surface area contributed by atoms with E-state index in [0.717, 1.165) is 0 Å². The number of aryl methyl sites for hydroxylation is 1. The zero-order chi connectivity index (χ0) is 20.9. The minimum Gasteiger partial charge on any atom is -0.377 e. The topological polar surface area (TPSA) is 110 Å². The molecular formula is C19H23N3O5S. The molecule has 0 unspecified atom stereocenters. The molecule has 0 aromatic heterocycles. The minimum atomic E-state index is -3.56. The van der Waals surface area contributed by atoms with Crippen LogP contribution < -0.4 is 5.32 Å². The number of nitro benzene ring substituents is 1.